The molecule has 3 aromatic rings. The molecule has 0 aliphatic carbocycles. The van der Waals surface area contributed by atoms with Gasteiger partial charge in [-0.2, -0.15) is 0 Å². The summed E-state index contributed by atoms with van der Waals surface area (Å²) < 4.78 is 7.88. The van der Waals surface area contributed by atoms with E-state index in [4.69, 9.17) is 10.5 Å². The number of piperidine rings is 1. The number of Topliss-reactive ketones (excluding diaryl/α,β-unsaturated/α-hetero) is 1. The topological polar surface area (TPSA) is 89.6 Å². The number of methoxy groups -OCH3 is 1. The Morgan fingerprint density at radius 1 is 1.15 bits per heavy atom. The molecule has 1 unspecified atom stereocenters. The molecule has 1 amide bonds. The second kappa shape index (κ2) is 10.3. The SMILES string of the molecule is COc1ccc(NC(C)C(C)=O)cc1CCN1CCC(n2ccc3ccc(C(N)=O)cc32)CC1. The van der Waals surface area contributed by atoms with E-state index in [1.807, 2.05) is 31.2 Å². The van der Waals surface area contributed by atoms with Crippen LogP contribution < -0.4 is 15.8 Å². The van der Waals surface area contributed by atoms with Crippen LogP contribution in [0.15, 0.2) is 48.7 Å². The van der Waals surface area contributed by atoms with E-state index in [0.717, 1.165) is 66.8 Å². The highest BCUT2D eigenvalue weighted by molar-refractivity contribution is 5.97. The van der Waals surface area contributed by atoms with E-state index in [1.165, 1.54) is 0 Å². The number of nitrogens with two attached hydrogens (primary N) is 1. The molecule has 4 rings (SSSR count). The standard InChI is InChI=1S/C27H34N4O3/c1-18(19(2)32)29-23-6-7-26(34-3)21(16-23)8-12-30-13-10-24(11-14-30)31-15-9-20-4-5-22(27(28)33)17-25(20)31/h4-7,9,15-18,24,29H,8,10-14H2,1-3H3,(H2,28,33). The van der Waals surface area contributed by atoms with Gasteiger partial charge in [0.15, 0.2) is 5.78 Å². The van der Waals surface area contributed by atoms with Crippen LogP contribution in [0.5, 0.6) is 5.75 Å². The van der Waals surface area contributed by atoms with Crippen LogP contribution in [-0.4, -0.2) is 53.9 Å². The first-order chi connectivity index (χ1) is 16.4. The molecule has 1 saturated heterocycles. The molecule has 2 aromatic carbocycles. The van der Waals surface area contributed by atoms with Crippen LogP contribution in [0.1, 0.15) is 48.7 Å². The van der Waals surface area contributed by atoms with Gasteiger partial charge < -0.3 is 25.3 Å². The number of nitrogens with one attached hydrogen (secondary N) is 1. The van der Waals surface area contributed by atoms with Gasteiger partial charge in [0.25, 0.3) is 0 Å². The number of ether oxygens (including phenoxy) is 1. The maximum Gasteiger partial charge on any atom is 0.248 e. The lowest BCUT2D eigenvalue weighted by Crippen LogP contribution is -2.35. The molecule has 1 aliphatic rings. The van der Waals surface area contributed by atoms with Crippen molar-refractivity contribution in [2.24, 2.45) is 5.73 Å². The Labute approximate surface area is 200 Å². The Hall–Kier alpha value is -3.32. The number of benzene rings is 2. The van der Waals surface area contributed by atoms with Gasteiger partial charge in [-0.15, -0.1) is 0 Å². The number of nitrogens with zero attached hydrogens (tertiary/aromatic N) is 2. The zero-order valence-electron chi connectivity index (χ0n) is 20.2. The smallest absolute Gasteiger partial charge is 0.248 e. The predicted molar refractivity (Wildman–Crippen MR) is 136 cm³/mol. The molecule has 1 atom stereocenters. The van der Waals surface area contributed by atoms with Gasteiger partial charge >= 0.3 is 0 Å². The average molecular weight is 463 g/mol. The molecular weight excluding hydrogens is 428 g/mol. The number of primary amides is 1. The molecule has 0 radical (unpaired) electrons. The van der Waals surface area contributed by atoms with Crippen molar-refractivity contribution >= 4 is 28.3 Å². The number of ketones is 1. The first-order valence-corrected chi connectivity index (χ1v) is 11.9. The van der Waals surface area contributed by atoms with Gasteiger partial charge in [0.2, 0.25) is 5.91 Å². The highest BCUT2D eigenvalue weighted by atomic mass is 16.5. The van der Waals surface area contributed by atoms with Crippen molar-refractivity contribution in [3.63, 3.8) is 0 Å². The number of carbonyl (C=O) groups is 2. The number of carbonyl (C=O) groups excluding carboxylic acids is 2. The lowest BCUT2D eigenvalue weighted by molar-refractivity contribution is -0.117. The number of likely N-dealkylation sites (tertiary alicyclic amines) is 1. The van der Waals surface area contributed by atoms with Gasteiger partial charge in [-0.3, -0.25) is 9.59 Å². The quantitative estimate of drug-likeness (QED) is 0.501. The summed E-state index contributed by atoms with van der Waals surface area (Å²) in [6.07, 6.45) is 5.12. The summed E-state index contributed by atoms with van der Waals surface area (Å²) in [4.78, 5) is 25.7. The third-order valence-electron chi connectivity index (χ3n) is 6.93. The summed E-state index contributed by atoms with van der Waals surface area (Å²) >= 11 is 0. The monoisotopic (exact) mass is 462 g/mol. The van der Waals surface area contributed by atoms with E-state index in [1.54, 1.807) is 20.1 Å². The fraction of sp³-hybridized carbons (Fsp3) is 0.407. The Morgan fingerprint density at radius 2 is 1.91 bits per heavy atom. The second-order valence-electron chi connectivity index (χ2n) is 9.19. The molecular formula is C27H34N4O3. The van der Waals surface area contributed by atoms with Crippen molar-refractivity contribution < 1.29 is 14.3 Å². The highest BCUT2D eigenvalue weighted by Crippen LogP contribution is 2.29. The maximum absolute atomic E-state index is 11.6. The molecule has 1 aromatic heterocycles. The maximum atomic E-state index is 11.6. The van der Waals surface area contributed by atoms with Gasteiger partial charge in [-0.25, -0.2) is 0 Å². The summed E-state index contributed by atoms with van der Waals surface area (Å²) in [6, 6.07) is 14.0. The molecule has 2 heterocycles. The molecule has 1 aliphatic heterocycles. The van der Waals surface area contributed by atoms with E-state index >= 15 is 0 Å². The fourth-order valence-electron chi connectivity index (χ4n) is 4.74. The van der Waals surface area contributed by atoms with Crippen LogP contribution in [0.2, 0.25) is 0 Å². The van der Waals surface area contributed by atoms with Gasteiger partial charge in [0.1, 0.15) is 5.75 Å². The number of aromatic nitrogens is 1. The minimum atomic E-state index is -0.394. The Kier molecular flexibility index (Phi) is 7.22. The van der Waals surface area contributed by atoms with Crippen LogP contribution in [-0.2, 0) is 11.2 Å². The van der Waals surface area contributed by atoms with E-state index in [2.05, 4.69) is 33.1 Å². The molecule has 7 heteroatoms. The summed E-state index contributed by atoms with van der Waals surface area (Å²) in [5.41, 5.74) is 9.18. The van der Waals surface area contributed by atoms with Crippen molar-refractivity contribution in [2.45, 2.75) is 45.2 Å². The first-order valence-electron chi connectivity index (χ1n) is 11.9. The van der Waals surface area contributed by atoms with Gasteiger partial charge in [0.05, 0.1) is 13.2 Å². The van der Waals surface area contributed by atoms with Crippen LogP contribution in [0.3, 0.4) is 0 Å². The van der Waals surface area contributed by atoms with Gasteiger partial charge in [-0.05, 0) is 80.5 Å². The molecule has 7 nitrogen and oxygen atoms in total. The van der Waals surface area contributed by atoms with E-state index in [0.29, 0.717) is 11.6 Å². The fourth-order valence-corrected chi connectivity index (χ4v) is 4.74. The first kappa shape index (κ1) is 23.8. The van der Waals surface area contributed by atoms with E-state index in [9.17, 15) is 9.59 Å². The minimum Gasteiger partial charge on any atom is -0.496 e. The zero-order chi connectivity index (χ0) is 24.2. The average Bonchev–Trinajstić information content (AvgIpc) is 3.26. The van der Waals surface area contributed by atoms with E-state index in [-0.39, 0.29) is 11.8 Å². The lowest BCUT2D eigenvalue weighted by atomic mass is 10.0. The number of fused-ring (bicyclic) bond motifs is 1. The largest absolute Gasteiger partial charge is 0.496 e. The molecule has 0 saturated carbocycles. The third-order valence-corrected chi connectivity index (χ3v) is 6.93. The van der Waals surface area contributed by atoms with Crippen molar-refractivity contribution in [2.75, 3.05) is 32.1 Å². The summed E-state index contributed by atoms with van der Waals surface area (Å²) in [7, 11) is 1.70. The minimum absolute atomic E-state index is 0.113. The molecule has 180 valence electrons. The molecule has 1 fully saturated rings. The summed E-state index contributed by atoms with van der Waals surface area (Å²) in [6.45, 7) is 6.45. The van der Waals surface area contributed by atoms with Crippen molar-refractivity contribution in [3.8, 4) is 5.75 Å². The Bertz CT molecular complexity index is 1180. The predicted octanol–water partition coefficient (Wildman–Crippen LogP) is 4.02. The molecule has 0 spiro atoms. The number of anilines is 1. The zero-order valence-corrected chi connectivity index (χ0v) is 20.2. The number of amides is 1. The van der Waals surface area contributed by atoms with Crippen LogP contribution in [0.25, 0.3) is 10.9 Å². The van der Waals surface area contributed by atoms with Gasteiger partial charge in [-0.1, -0.05) is 6.07 Å². The van der Waals surface area contributed by atoms with Gasteiger partial charge in [0, 0.05) is 48.6 Å². The lowest BCUT2D eigenvalue weighted by Gasteiger charge is -2.33. The number of hydrogen-bond donors (Lipinski definition) is 2. The van der Waals surface area contributed by atoms with Crippen LogP contribution in [0.4, 0.5) is 5.69 Å². The second-order valence-corrected chi connectivity index (χ2v) is 9.19. The van der Waals surface area contributed by atoms with Crippen LogP contribution >= 0.6 is 0 Å². The summed E-state index contributed by atoms with van der Waals surface area (Å²) in [5, 5.41) is 4.40. The van der Waals surface area contributed by atoms with Crippen molar-refractivity contribution in [3.05, 3.63) is 59.8 Å². The highest BCUT2D eigenvalue weighted by Gasteiger charge is 2.22. The third kappa shape index (κ3) is 5.25. The normalized spacial score (nSPS) is 15.9. The Morgan fingerprint density at radius 3 is 2.59 bits per heavy atom. The number of rotatable bonds is 9. The Balaban J connectivity index is 1.38. The van der Waals surface area contributed by atoms with E-state index < -0.39 is 5.91 Å². The molecule has 3 N–H and O–H groups in total. The number of hydrogen-bond acceptors (Lipinski definition) is 5. The molecule has 0 bridgehead atoms. The van der Waals surface area contributed by atoms with Crippen molar-refractivity contribution in [1.29, 1.82) is 0 Å². The van der Waals surface area contributed by atoms with Crippen molar-refractivity contribution in [1.82, 2.24) is 9.47 Å². The summed E-state index contributed by atoms with van der Waals surface area (Å²) in [5.74, 6) is 0.594. The molecule has 34 heavy (non-hydrogen) atoms. The van der Waals surface area contributed by atoms with Crippen LogP contribution in [0, 0.1) is 0 Å².